The third-order valence-corrected chi connectivity index (χ3v) is 6.90. The second kappa shape index (κ2) is 7.41. The predicted molar refractivity (Wildman–Crippen MR) is 88.4 cm³/mol. The molecule has 1 aromatic carbocycles. The van der Waals surface area contributed by atoms with Gasteiger partial charge >= 0.3 is 0 Å². The smallest absolute Gasteiger partial charge is 0.154 e. The number of nitrogens with one attached hydrogen (secondary N) is 1. The Hall–Kier alpha value is -0.870. The molecule has 0 radical (unpaired) electrons. The van der Waals surface area contributed by atoms with E-state index in [1.165, 1.54) is 5.56 Å². The van der Waals surface area contributed by atoms with Gasteiger partial charge in [0.15, 0.2) is 9.84 Å². The van der Waals surface area contributed by atoms with Crippen molar-refractivity contribution in [1.29, 1.82) is 0 Å². The Labute approximate surface area is 129 Å². The molecule has 1 aromatic rings. The highest BCUT2D eigenvalue weighted by Crippen LogP contribution is 2.36. The molecule has 1 saturated carbocycles. The fraction of sp³-hybridized carbons (Fsp3) is 0.647. The van der Waals surface area contributed by atoms with E-state index in [1.807, 2.05) is 32.0 Å². The monoisotopic (exact) mass is 309 g/mol. The molecule has 0 bridgehead atoms. The van der Waals surface area contributed by atoms with Crippen molar-refractivity contribution in [3.63, 3.8) is 0 Å². The number of sulfone groups is 1. The van der Waals surface area contributed by atoms with Crippen LogP contribution in [-0.2, 0) is 9.84 Å². The first-order chi connectivity index (χ1) is 10.1. The van der Waals surface area contributed by atoms with Crippen molar-refractivity contribution in [2.24, 2.45) is 0 Å². The minimum atomic E-state index is -3.01. The average molecular weight is 309 g/mol. The molecule has 0 saturated heterocycles. The maximum absolute atomic E-state index is 12.6. The highest BCUT2D eigenvalue weighted by atomic mass is 32.2. The van der Waals surface area contributed by atoms with Gasteiger partial charge in [0.05, 0.1) is 11.0 Å². The van der Waals surface area contributed by atoms with Gasteiger partial charge in [0.2, 0.25) is 0 Å². The minimum absolute atomic E-state index is 0.117. The highest BCUT2D eigenvalue weighted by Gasteiger charge is 2.38. The van der Waals surface area contributed by atoms with E-state index in [0.29, 0.717) is 18.1 Å². The van der Waals surface area contributed by atoms with E-state index >= 15 is 0 Å². The van der Waals surface area contributed by atoms with Crippen LogP contribution in [0.4, 0.5) is 0 Å². The summed E-state index contributed by atoms with van der Waals surface area (Å²) in [4.78, 5) is 0. The van der Waals surface area contributed by atoms with Crippen molar-refractivity contribution < 1.29 is 8.42 Å². The summed E-state index contributed by atoms with van der Waals surface area (Å²) in [7, 11) is -3.01. The zero-order valence-electron chi connectivity index (χ0n) is 13.1. The molecule has 3 atom stereocenters. The van der Waals surface area contributed by atoms with Crippen LogP contribution in [0.3, 0.4) is 0 Å². The number of benzene rings is 1. The van der Waals surface area contributed by atoms with E-state index in [9.17, 15) is 8.42 Å². The molecule has 1 aliphatic carbocycles. The predicted octanol–water partition coefficient (Wildman–Crippen LogP) is 3.13. The van der Waals surface area contributed by atoms with Gasteiger partial charge in [0, 0.05) is 6.04 Å². The van der Waals surface area contributed by atoms with E-state index in [2.05, 4.69) is 17.4 Å². The SMILES string of the molecule is CCCS(=O)(=O)C1CC(c2ccccc2)CCC1NCC. The molecule has 2 rings (SSSR count). The Morgan fingerprint density at radius 2 is 1.86 bits per heavy atom. The lowest BCUT2D eigenvalue weighted by Crippen LogP contribution is -2.48. The number of hydrogen-bond donors (Lipinski definition) is 1. The molecule has 0 spiro atoms. The van der Waals surface area contributed by atoms with Crippen LogP contribution in [0.5, 0.6) is 0 Å². The molecule has 118 valence electrons. The van der Waals surface area contributed by atoms with Gasteiger partial charge in [-0.05, 0) is 43.7 Å². The van der Waals surface area contributed by atoms with Crippen molar-refractivity contribution in [2.75, 3.05) is 12.3 Å². The van der Waals surface area contributed by atoms with Crippen molar-refractivity contribution in [1.82, 2.24) is 5.32 Å². The zero-order chi connectivity index (χ0) is 15.3. The Bertz CT molecular complexity index is 527. The van der Waals surface area contributed by atoms with Crippen LogP contribution < -0.4 is 5.32 Å². The Morgan fingerprint density at radius 1 is 1.14 bits per heavy atom. The Balaban J connectivity index is 2.20. The molecule has 1 aliphatic rings. The fourth-order valence-corrected chi connectivity index (χ4v) is 5.62. The van der Waals surface area contributed by atoms with Crippen LogP contribution in [0.2, 0.25) is 0 Å². The second-order valence-corrected chi connectivity index (χ2v) is 8.33. The van der Waals surface area contributed by atoms with Gasteiger partial charge < -0.3 is 5.32 Å². The molecule has 21 heavy (non-hydrogen) atoms. The summed E-state index contributed by atoms with van der Waals surface area (Å²) in [6.45, 7) is 4.82. The summed E-state index contributed by atoms with van der Waals surface area (Å²) in [6, 6.07) is 10.5. The van der Waals surface area contributed by atoms with Crippen LogP contribution in [0.25, 0.3) is 0 Å². The average Bonchev–Trinajstić information content (AvgIpc) is 2.48. The molecule has 0 aliphatic heterocycles. The lowest BCUT2D eigenvalue weighted by atomic mass is 9.81. The van der Waals surface area contributed by atoms with Gasteiger partial charge in [0.1, 0.15) is 0 Å². The van der Waals surface area contributed by atoms with Crippen molar-refractivity contribution >= 4 is 9.84 Å². The molecule has 0 amide bonds. The lowest BCUT2D eigenvalue weighted by Gasteiger charge is -2.36. The molecule has 1 fully saturated rings. The summed E-state index contributed by atoms with van der Waals surface area (Å²) in [5.41, 5.74) is 1.28. The summed E-state index contributed by atoms with van der Waals surface area (Å²) >= 11 is 0. The summed E-state index contributed by atoms with van der Waals surface area (Å²) in [5.74, 6) is 0.680. The first-order valence-electron chi connectivity index (χ1n) is 8.08. The Kier molecular flexibility index (Phi) is 5.82. The summed E-state index contributed by atoms with van der Waals surface area (Å²) < 4.78 is 25.2. The first-order valence-corrected chi connectivity index (χ1v) is 9.80. The first kappa shape index (κ1) is 16.5. The van der Waals surface area contributed by atoms with Gasteiger partial charge in [0.25, 0.3) is 0 Å². The van der Waals surface area contributed by atoms with Crippen LogP contribution >= 0.6 is 0 Å². The second-order valence-electron chi connectivity index (χ2n) is 5.99. The van der Waals surface area contributed by atoms with Gasteiger partial charge in [-0.1, -0.05) is 44.2 Å². The molecular weight excluding hydrogens is 282 g/mol. The molecular formula is C17H27NO2S. The van der Waals surface area contributed by atoms with E-state index in [1.54, 1.807) is 0 Å². The van der Waals surface area contributed by atoms with E-state index in [-0.39, 0.29) is 11.3 Å². The van der Waals surface area contributed by atoms with Crippen LogP contribution in [0.15, 0.2) is 30.3 Å². The van der Waals surface area contributed by atoms with Gasteiger partial charge in [-0.3, -0.25) is 0 Å². The lowest BCUT2D eigenvalue weighted by molar-refractivity contribution is 0.346. The molecule has 3 nitrogen and oxygen atoms in total. The van der Waals surface area contributed by atoms with E-state index in [0.717, 1.165) is 25.8 Å². The number of rotatable bonds is 6. The minimum Gasteiger partial charge on any atom is -0.313 e. The highest BCUT2D eigenvalue weighted by molar-refractivity contribution is 7.92. The van der Waals surface area contributed by atoms with Gasteiger partial charge in [-0.25, -0.2) is 8.42 Å². The molecule has 0 aromatic heterocycles. The van der Waals surface area contributed by atoms with Crippen LogP contribution in [0, 0.1) is 0 Å². The quantitative estimate of drug-likeness (QED) is 0.878. The maximum Gasteiger partial charge on any atom is 0.154 e. The summed E-state index contributed by atoms with van der Waals surface area (Å²) in [5, 5.41) is 3.15. The molecule has 1 N–H and O–H groups in total. The third kappa shape index (κ3) is 4.07. The molecule has 3 unspecified atom stereocenters. The normalized spacial score (nSPS) is 26.7. The standard InChI is InChI=1S/C17H27NO2S/c1-3-12-21(19,20)17-13-15(10-11-16(17)18-4-2)14-8-6-5-7-9-14/h5-9,15-18H,3-4,10-13H2,1-2H3. The fourth-order valence-electron chi connectivity index (χ4n) is 3.49. The van der Waals surface area contributed by atoms with Crippen molar-refractivity contribution in [2.45, 2.75) is 56.7 Å². The number of hydrogen-bond acceptors (Lipinski definition) is 3. The van der Waals surface area contributed by atoms with Crippen molar-refractivity contribution in [3.05, 3.63) is 35.9 Å². The molecule has 4 heteroatoms. The van der Waals surface area contributed by atoms with Gasteiger partial charge in [-0.15, -0.1) is 0 Å². The van der Waals surface area contributed by atoms with Crippen molar-refractivity contribution in [3.8, 4) is 0 Å². The van der Waals surface area contributed by atoms with Crippen LogP contribution in [-0.4, -0.2) is 32.0 Å². The summed E-state index contributed by atoms with van der Waals surface area (Å²) in [6.07, 6.45) is 3.47. The van der Waals surface area contributed by atoms with Gasteiger partial charge in [-0.2, -0.15) is 0 Å². The van der Waals surface area contributed by atoms with E-state index in [4.69, 9.17) is 0 Å². The Morgan fingerprint density at radius 3 is 2.48 bits per heavy atom. The largest absolute Gasteiger partial charge is 0.313 e. The molecule has 0 heterocycles. The topological polar surface area (TPSA) is 46.2 Å². The maximum atomic E-state index is 12.6. The van der Waals surface area contributed by atoms with Crippen LogP contribution in [0.1, 0.15) is 51.0 Å². The third-order valence-electron chi connectivity index (χ3n) is 4.48. The zero-order valence-corrected chi connectivity index (χ0v) is 13.9. The van der Waals surface area contributed by atoms with E-state index < -0.39 is 9.84 Å².